The lowest BCUT2D eigenvalue weighted by Crippen LogP contribution is -2.41. The molecule has 3 N–H and O–H groups in total. The number of rotatable bonds is 4. The summed E-state index contributed by atoms with van der Waals surface area (Å²) in [7, 11) is 0. The van der Waals surface area contributed by atoms with Gasteiger partial charge in [0, 0.05) is 30.9 Å². The number of nitrogens with one attached hydrogen (secondary N) is 3. The van der Waals surface area contributed by atoms with Gasteiger partial charge in [-0.3, -0.25) is 30.6 Å². The number of carbonyl (C=O) groups excluding carboxylic acids is 2. The summed E-state index contributed by atoms with van der Waals surface area (Å²) in [6, 6.07) is 7.59. The summed E-state index contributed by atoms with van der Waals surface area (Å²) in [5.74, 6) is -1.13. The monoisotopic (exact) mass is 371 g/mol. The number of aromatic nitrogens is 1. The minimum Gasteiger partial charge on any atom is -0.366 e. The number of benzene rings is 1. The van der Waals surface area contributed by atoms with E-state index in [1.165, 1.54) is 12.1 Å². The Morgan fingerprint density at radius 3 is 2.37 bits per heavy atom. The van der Waals surface area contributed by atoms with Crippen LogP contribution >= 0.6 is 0 Å². The van der Waals surface area contributed by atoms with Crippen molar-refractivity contribution in [2.75, 3.05) is 18.0 Å². The first kappa shape index (κ1) is 18.4. The van der Waals surface area contributed by atoms with Crippen molar-refractivity contribution in [3.05, 3.63) is 57.9 Å². The number of nitrogens with zero attached hydrogens (tertiary/aromatic N) is 2. The van der Waals surface area contributed by atoms with Crippen molar-refractivity contribution in [3.8, 4) is 0 Å². The summed E-state index contributed by atoms with van der Waals surface area (Å²) < 4.78 is 0. The number of nitro groups is 1. The van der Waals surface area contributed by atoms with Crippen LogP contribution in [0.5, 0.6) is 0 Å². The van der Waals surface area contributed by atoms with Gasteiger partial charge in [0.05, 0.1) is 4.92 Å². The van der Waals surface area contributed by atoms with Crippen molar-refractivity contribution in [1.82, 2.24) is 15.8 Å². The second-order valence-corrected chi connectivity index (χ2v) is 6.35. The second kappa shape index (κ2) is 8.35. The van der Waals surface area contributed by atoms with E-state index in [-0.39, 0.29) is 16.9 Å². The smallest absolute Gasteiger partial charge is 0.293 e. The molecule has 1 aliphatic heterocycles. The number of carbonyl (C=O) groups is 2. The molecule has 9 heteroatoms. The number of aromatic amines is 1. The first-order chi connectivity index (χ1) is 13.1. The van der Waals surface area contributed by atoms with Crippen molar-refractivity contribution < 1.29 is 14.5 Å². The largest absolute Gasteiger partial charge is 0.366 e. The second-order valence-electron chi connectivity index (χ2n) is 6.35. The summed E-state index contributed by atoms with van der Waals surface area (Å²) >= 11 is 0. The van der Waals surface area contributed by atoms with Crippen molar-refractivity contribution in [2.45, 2.75) is 25.7 Å². The molecular formula is C18H21N5O4. The van der Waals surface area contributed by atoms with Crippen LogP contribution in [0.3, 0.4) is 0 Å². The fourth-order valence-corrected chi connectivity index (χ4v) is 3.11. The Balaban J connectivity index is 1.73. The minimum atomic E-state index is -0.625. The van der Waals surface area contributed by atoms with E-state index in [4.69, 9.17) is 0 Å². The van der Waals surface area contributed by atoms with E-state index >= 15 is 0 Å². The Morgan fingerprint density at radius 1 is 1.04 bits per heavy atom. The van der Waals surface area contributed by atoms with E-state index in [1.807, 2.05) is 4.90 Å². The summed E-state index contributed by atoms with van der Waals surface area (Å²) in [5, 5.41) is 11.5. The SMILES string of the molecule is O=C(NNC(=O)c1ccc[nH]1)c1ccc(N2CCCCCC2)c([N+](=O)[O-])c1. The maximum absolute atomic E-state index is 12.3. The van der Waals surface area contributed by atoms with E-state index in [9.17, 15) is 19.7 Å². The molecule has 1 aliphatic rings. The van der Waals surface area contributed by atoms with E-state index in [0.717, 1.165) is 38.8 Å². The first-order valence-corrected chi connectivity index (χ1v) is 8.84. The zero-order valence-electron chi connectivity index (χ0n) is 14.7. The molecule has 1 aromatic heterocycles. The zero-order valence-corrected chi connectivity index (χ0v) is 14.7. The quantitative estimate of drug-likeness (QED) is 0.563. The topological polar surface area (TPSA) is 120 Å². The van der Waals surface area contributed by atoms with Gasteiger partial charge in [-0.2, -0.15) is 0 Å². The Labute approximate surface area is 155 Å². The highest BCUT2D eigenvalue weighted by Gasteiger charge is 2.23. The van der Waals surface area contributed by atoms with Crippen LogP contribution < -0.4 is 15.8 Å². The first-order valence-electron chi connectivity index (χ1n) is 8.84. The third-order valence-electron chi connectivity index (χ3n) is 4.51. The molecule has 0 aliphatic carbocycles. The van der Waals surface area contributed by atoms with Gasteiger partial charge in [0.15, 0.2) is 0 Å². The van der Waals surface area contributed by atoms with E-state index in [0.29, 0.717) is 5.69 Å². The maximum Gasteiger partial charge on any atom is 0.293 e. The van der Waals surface area contributed by atoms with Crippen molar-refractivity contribution in [3.63, 3.8) is 0 Å². The lowest BCUT2D eigenvalue weighted by Gasteiger charge is -2.22. The van der Waals surface area contributed by atoms with Crippen LogP contribution in [0.15, 0.2) is 36.5 Å². The summed E-state index contributed by atoms with van der Waals surface area (Å²) in [6.07, 6.45) is 5.80. The Bertz CT molecular complexity index is 826. The summed E-state index contributed by atoms with van der Waals surface area (Å²) in [4.78, 5) is 39.9. The molecule has 1 saturated heterocycles. The van der Waals surface area contributed by atoms with Gasteiger partial charge in [-0.25, -0.2) is 0 Å². The van der Waals surface area contributed by atoms with Gasteiger partial charge in [0.2, 0.25) is 0 Å². The highest BCUT2D eigenvalue weighted by Crippen LogP contribution is 2.31. The van der Waals surface area contributed by atoms with E-state index in [1.54, 1.807) is 24.4 Å². The fraction of sp³-hybridized carbons (Fsp3) is 0.333. The molecular weight excluding hydrogens is 350 g/mol. The lowest BCUT2D eigenvalue weighted by atomic mass is 10.1. The third-order valence-corrected chi connectivity index (χ3v) is 4.51. The zero-order chi connectivity index (χ0) is 19.2. The van der Waals surface area contributed by atoms with Crippen molar-refractivity contribution >= 4 is 23.2 Å². The lowest BCUT2D eigenvalue weighted by molar-refractivity contribution is -0.384. The standard InChI is InChI=1S/C18H21N5O4/c24-17(20-21-18(25)14-6-5-9-19-14)13-7-8-15(16(12-13)23(26)27)22-10-3-1-2-4-11-22/h5-9,12,19H,1-4,10-11H2,(H,20,24)(H,21,25). The number of nitro benzene ring substituents is 1. The average molecular weight is 371 g/mol. The van der Waals surface area contributed by atoms with Gasteiger partial charge in [0.25, 0.3) is 17.5 Å². The van der Waals surface area contributed by atoms with Crippen molar-refractivity contribution in [2.24, 2.45) is 0 Å². The van der Waals surface area contributed by atoms with E-state index in [2.05, 4.69) is 15.8 Å². The molecule has 0 saturated carbocycles. The van der Waals surface area contributed by atoms with Gasteiger partial charge >= 0.3 is 0 Å². The van der Waals surface area contributed by atoms with Crippen LogP contribution in [-0.4, -0.2) is 34.8 Å². The molecule has 0 unspecified atom stereocenters. The molecule has 9 nitrogen and oxygen atoms in total. The summed E-state index contributed by atoms with van der Waals surface area (Å²) in [6.45, 7) is 1.52. The van der Waals surface area contributed by atoms with Crippen LogP contribution in [0, 0.1) is 10.1 Å². The van der Waals surface area contributed by atoms with Crippen molar-refractivity contribution in [1.29, 1.82) is 0 Å². The molecule has 2 amide bonds. The highest BCUT2D eigenvalue weighted by molar-refractivity contribution is 5.99. The highest BCUT2D eigenvalue weighted by atomic mass is 16.6. The predicted octanol–water partition coefficient (Wildman–Crippen LogP) is 2.38. The number of hydrazine groups is 1. The molecule has 3 rings (SSSR count). The maximum atomic E-state index is 12.3. The molecule has 142 valence electrons. The van der Waals surface area contributed by atoms with E-state index < -0.39 is 16.7 Å². The van der Waals surface area contributed by atoms with Crippen LogP contribution in [0.4, 0.5) is 11.4 Å². The number of hydrogen-bond donors (Lipinski definition) is 3. The van der Waals surface area contributed by atoms with Gasteiger partial charge in [0.1, 0.15) is 11.4 Å². The molecule has 27 heavy (non-hydrogen) atoms. The normalized spacial score (nSPS) is 14.3. The number of anilines is 1. The van der Waals surface area contributed by atoms with Crippen LogP contribution in [-0.2, 0) is 0 Å². The molecule has 2 heterocycles. The fourth-order valence-electron chi connectivity index (χ4n) is 3.11. The summed E-state index contributed by atoms with van der Waals surface area (Å²) in [5.41, 5.74) is 5.34. The van der Waals surface area contributed by atoms with Crippen LogP contribution in [0.2, 0.25) is 0 Å². The van der Waals surface area contributed by atoms with Gasteiger partial charge in [-0.15, -0.1) is 0 Å². The molecule has 0 atom stereocenters. The Hall–Kier alpha value is -3.36. The Morgan fingerprint density at radius 2 is 1.74 bits per heavy atom. The number of amides is 2. The minimum absolute atomic E-state index is 0.104. The third kappa shape index (κ3) is 4.43. The molecule has 0 radical (unpaired) electrons. The van der Waals surface area contributed by atoms with Gasteiger partial charge in [-0.05, 0) is 37.1 Å². The molecule has 0 spiro atoms. The number of H-pyrrole nitrogens is 1. The molecule has 1 fully saturated rings. The molecule has 1 aromatic carbocycles. The number of hydrogen-bond acceptors (Lipinski definition) is 5. The molecule has 2 aromatic rings. The Kier molecular flexibility index (Phi) is 5.70. The van der Waals surface area contributed by atoms with Crippen LogP contribution in [0.1, 0.15) is 46.5 Å². The van der Waals surface area contributed by atoms with Gasteiger partial charge in [-0.1, -0.05) is 12.8 Å². The van der Waals surface area contributed by atoms with Crippen LogP contribution in [0.25, 0.3) is 0 Å². The predicted molar refractivity (Wildman–Crippen MR) is 99.5 cm³/mol. The molecule has 0 bridgehead atoms. The van der Waals surface area contributed by atoms with Gasteiger partial charge < -0.3 is 9.88 Å². The average Bonchev–Trinajstić information content (AvgIpc) is 3.08.